The highest BCUT2D eigenvalue weighted by Crippen LogP contribution is 2.41. The first-order valence-corrected chi connectivity index (χ1v) is 8.13. The van der Waals surface area contributed by atoms with Gasteiger partial charge in [0, 0.05) is 10.0 Å². The van der Waals surface area contributed by atoms with Crippen molar-refractivity contribution >= 4 is 28.1 Å². The van der Waals surface area contributed by atoms with Crippen molar-refractivity contribution in [3.8, 4) is 23.0 Å². The van der Waals surface area contributed by atoms with Gasteiger partial charge in [-0.3, -0.25) is 4.79 Å². The molecular formula is C17H15BrN2O5. The normalized spacial score (nSPS) is 12.2. The largest absolute Gasteiger partial charge is 0.493 e. The van der Waals surface area contributed by atoms with Crippen molar-refractivity contribution in [1.29, 1.82) is 0 Å². The van der Waals surface area contributed by atoms with Crippen molar-refractivity contribution in [1.82, 2.24) is 5.43 Å². The van der Waals surface area contributed by atoms with Crippen LogP contribution in [0.15, 0.2) is 46.0 Å². The van der Waals surface area contributed by atoms with Gasteiger partial charge in [-0.1, -0.05) is 15.9 Å². The first-order chi connectivity index (χ1) is 12.2. The van der Waals surface area contributed by atoms with Crippen LogP contribution >= 0.6 is 15.9 Å². The van der Waals surface area contributed by atoms with Crippen LogP contribution in [-0.2, 0) is 4.79 Å². The zero-order chi connectivity index (χ0) is 17.6. The summed E-state index contributed by atoms with van der Waals surface area (Å²) in [6.07, 6.45) is 1.49. The summed E-state index contributed by atoms with van der Waals surface area (Å²) in [7, 11) is 1.54. The number of hydrazone groups is 1. The number of benzene rings is 2. The van der Waals surface area contributed by atoms with E-state index in [4.69, 9.17) is 18.9 Å². The Balaban J connectivity index is 1.54. The number of carbonyl (C=O) groups excluding carboxylic acids is 1. The summed E-state index contributed by atoms with van der Waals surface area (Å²) in [5, 5.41) is 3.90. The second-order valence-electron chi connectivity index (χ2n) is 4.99. The molecule has 8 heteroatoms. The third-order valence-corrected chi connectivity index (χ3v) is 3.80. The van der Waals surface area contributed by atoms with E-state index >= 15 is 0 Å². The summed E-state index contributed by atoms with van der Waals surface area (Å²) >= 11 is 3.33. The van der Waals surface area contributed by atoms with Gasteiger partial charge in [0.15, 0.2) is 18.1 Å². The molecule has 0 spiro atoms. The van der Waals surface area contributed by atoms with E-state index in [-0.39, 0.29) is 19.3 Å². The quantitative estimate of drug-likeness (QED) is 0.589. The Kier molecular flexibility index (Phi) is 5.39. The number of fused-ring (bicyclic) bond motifs is 1. The van der Waals surface area contributed by atoms with E-state index in [9.17, 15) is 4.79 Å². The van der Waals surface area contributed by atoms with Crippen LogP contribution in [0.2, 0.25) is 0 Å². The van der Waals surface area contributed by atoms with E-state index in [0.29, 0.717) is 28.6 Å². The van der Waals surface area contributed by atoms with Gasteiger partial charge in [0.25, 0.3) is 5.91 Å². The lowest BCUT2D eigenvalue weighted by Gasteiger charge is -2.06. The van der Waals surface area contributed by atoms with Gasteiger partial charge >= 0.3 is 0 Å². The van der Waals surface area contributed by atoms with Gasteiger partial charge < -0.3 is 18.9 Å². The van der Waals surface area contributed by atoms with Crippen molar-refractivity contribution in [3.05, 3.63) is 46.4 Å². The molecule has 1 amide bonds. The van der Waals surface area contributed by atoms with Crippen molar-refractivity contribution in [2.75, 3.05) is 20.5 Å². The topological polar surface area (TPSA) is 78.4 Å². The summed E-state index contributed by atoms with van der Waals surface area (Å²) in [6, 6.07) is 10.7. The van der Waals surface area contributed by atoms with Crippen molar-refractivity contribution in [2.24, 2.45) is 5.10 Å². The second-order valence-corrected chi connectivity index (χ2v) is 5.91. The summed E-state index contributed by atoms with van der Waals surface area (Å²) < 4.78 is 22.2. The molecule has 2 aromatic rings. The molecule has 130 valence electrons. The molecule has 1 heterocycles. The Morgan fingerprint density at radius 3 is 2.88 bits per heavy atom. The lowest BCUT2D eigenvalue weighted by Crippen LogP contribution is -2.24. The van der Waals surface area contributed by atoms with Crippen LogP contribution in [0.1, 0.15) is 5.56 Å². The average molecular weight is 407 g/mol. The highest BCUT2D eigenvalue weighted by molar-refractivity contribution is 9.10. The molecule has 0 fully saturated rings. The summed E-state index contributed by atoms with van der Waals surface area (Å²) in [6.45, 7) is 0.0137. The van der Waals surface area contributed by atoms with Crippen LogP contribution in [0, 0.1) is 0 Å². The molecule has 25 heavy (non-hydrogen) atoms. The minimum absolute atomic E-state index is 0.135. The van der Waals surface area contributed by atoms with Crippen LogP contribution in [0.5, 0.6) is 23.0 Å². The van der Waals surface area contributed by atoms with Crippen molar-refractivity contribution < 1.29 is 23.7 Å². The Hall–Kier alpha value is -2.74. The maximum Gasteiger partial charge on any atom is 0.277 e. The van der Waals surface area contributed by atoms with Gasteiger partial charge in [0.2, 0.25) is 12.5 Å². The molecular weight excluding hydrogens is 392 g/mol. The van der Waals surface area contributed by atoms with E-state index in [1.54, 1.807) is 31.4 Å². The fourth-order valence-electron chi connectivity index (χ4n) is 2.12. The number of hydrogen-bond donors (Lipinski definition) is 1. The SMILES string of the molecule is COc1cc(/C=N\NC(=O)COc2ccc(Br)cc2)cc2c1OCO2. The zero-order valence-electron chi connectivity index (χ0n) is 13.3. The van der Waals surface area contributed by atoms with E-state index < -0.39 is 0 Å². The van der Waals surface area contributed by atoms with Gasteiger partial charge in [0.1, 0.15) is 5.75 Å². The van der Waals surface area contributed by atoms with E-state index in [1.165, 1.54) is 6.21 Å². The Morgan fingerprint density at radius 1 is 1.32 bits per heavy atom. The number of methoxy groups -OCH3 is 1. The molecule has 0 saturated carbocycles. The molecule has 0 radical (unpaired) electrons. The van der Waals surface area contributed by atoms with Gasteiger partial charge in [-0.2, -0.15) is 5.10 Å². The van der Waals surface area contributed by atoms with Crippen LogP contribution < -0.4 is 24.4 Å². The fourth-order valence-corrected chi connectivity index (χ4v) is 2.38. The minimum Gasteiger partial charge on any atom is -0.493 e. The molecule has 7 nitrogen and oxygen atoms in total. The Labute approximate surface area is 152 Å². The number of nitrogens with zero attached hydrogens (tertiary/aromatic N) is 1. The van der Waals surface area contributed by atoms with Crippen molar-refractivity contribution in [3.63, 3.8) is 0 Å². The number of amides is 1. The molecule has 0 bridgehead atoms. The first-order valence-electron chi connectivity index (χ1n) is 7.33. The third-order valence-electron chi connectivity index (χ3n) is 3.27. The van der Waals surface area contributed by atoms with Crippen LogP contribution in [0.25, 0.3) is 0 Å². The number of ether oxygens (including phenoxy) is 4. The second kappa shape index (κ2) is 7.89. The fraction of sp³-hybridized carbons (Fsp3) is 0.176. The molecule has 0 atom stereocenters. The van der Waals surface area contributed by atoms with Crippen LogP contribution in [-0.4, -0.2) is 32.6 Å². The number of hydrogen-bond acceptors (Lipinski definition) is 6. The molecule has 0 unspecified atom stereocenters. The maximum atomic E-state index is 11.8. The minimum atomic E-state index is -0.369. The Morgan fingerprint density at radius 2 is 2.12 bits per heavy atom. The number of rotatable bonds is 6. The zero-order valence-corrected chi connectivity index (χ0v) is 14.9. The molecule has 0 aliphatic carbocycles. The van der Waals surface area contributed by atoms with Crippen LogP contribution in [0.3, 0.4) is 0 Å². The van der Waals surface area contributed by atoms with Gasteiger partial charge in [-0.25, -0.2) is 5.43 Å². The number of nitrogens with one attached hydrogen (secondary N) is 1. The van der Waals surface area contributed by atoms with Gasteiger partial charge in [-0.15, -0.1) is 0 Å². The number of carbonyl (C=O) groups is 1. The highest BCUT2D eigenvalue weighted by atomic mass is 79.9. The van der Waals surface area contributed by atoms with Gasteiger partial charge in [0.05, 0.1) is 13.3 Å². The molecule has 1 N–H and O–H groups in total. The maximum absolute atomic E-state index is 11.8. The molecule has 3 rings (SSSR count). The predicted molar refractivity (Wildman–Crippen MR) is 94.5 cm³/mol. The highest BCUT2D eigenvalue weighted by Gasteiger charge is 2.19. The predicted octanol–water partition coefficient (Wildman–Crippen LogP) is 2.72. The molecule has 1 aliphatic rings. The molecule has 0 aromatic heterocycles. The third kappa shape index (κ3) is 4.42. The van der Waals surface area contributed by atoms with Crippen molar-refractivity contribution in [2.45, 2.75) is 0 Å². The summed E-state index contributed by atoms with van der Waals surface area (Å²) in [5.41, 5.74) is 3.11. The summed E-state index contributed by atoms with van der Waals surface area (Å²) in [4.78, 5) is 11.8. The van der Waals surface area contributed by atoms with E-state index in [0.717, 1.165) is 4.47 Å². The Bertz CT molecular complexity index is 792. The average Bonchev–Trinajstić information content (AvgIpc) is 3.09. The van der Waals surface area contributed by atoms with E-state index in [2.05, 4.69) is 26.5 Å². The summed E-state index contributed by atoms with van der Waals surface area (Å²) in [5.74, 6) is 1.91. The molecule has 2 aromatic carbocycles. The van der Waals surface area contributed by atoms with Crippen LogP contribution in [0.4, 0.5) is 0 Å². The monoisotopic (exact) mass is 406 g/mol. The lowest BCUT2D eigenvalue weighted by atomic mass is 10.2. The van der Waals surface area contributed by atoms with Gasteiger partial charge in [-0.05, 0) is 36.4 Å². The standard InChI is InChI=1S/C17H15BrN2O5/c1-22-14-6-11(7-15-17(14)25-10-24-15)8-19-20-16(21)9-23-13-4-2-12(18)3-5-13/h2-8H,9-10H2,1H3,(H,20,21)/b19-8-. The van der Waals surface area contributed by atoms with E-state index in [1.807, 2.05) is 12.1 Å². The smallest absolute Gasteiger partial charge is 0.277 e. The lowest BCUT2D eigenvalue weighted by molar-refractivity contribution is -0.123. The number of halogens is 1. The first kappa shape index (κ1) is 17.1. The molecule has 0 saturated heterocycles. The molecule has 1 aliphatic heterocycles.